The van der Waals surface area contributed by atoms with Gasteiger partial charge in [-0.05, 0) is 89.0 Å². The highest BCUT2D eigenvalue weighted by atomic mass is 16.5. The average Bonchev–Trinajstić information content (AvgIpc) is 3.15. The minimum Gasteiger partial charge on any atom is -0.492 e. The van der Waals surface area contributed by atoms with Gasteiger partial charge >= 0.3 is 0 Å². The number of hydrogen-bond donors (Lipinski definition) is 1. The lowest BCUT2D eigenvalue weighted by atomic mass is 9.98. The predicted molar refractivity (Wildman–Crippen MR) is 123 cm³/mol. The molecule has 2 atom stereocenters. The van der Waals surface area contributed by atoms with Crippen molar-refractivity contribution in [2.45, 2.75) is 52.6 Å². The Morgan fingerprint density at radius 3 is 2.73 bits per heavy atom. The van der Waals surface area contributed by atoms with Crippen LogP contribution in [-0.2, 0) is 0 Å². The average molecular weight is 405 g/mol. The molecule has 4 rings (SSSR count). The zero-order valence-corrected chi connectivity index (χ0v) is 18.7. The molecule has 0 unspecified atom stereocenters. The number of nitrogens with one attached hydrogen (secondary N) is 1. The number of nitrogens with zero attached hydrogens (tertiary/aromatic N) is 3. The number of hydrogen-bond acceptors (Lipinski definition) is 5. The highest BCUT2D eigenvalue weighted by Gasteiger charge is 2.21. The lowest BCUT2D eigenvalue weighted by molar-refractivity contribution is 0.198. The first-order chi connectivity index (χ1) is 14.4. The molecule has 1 aliphatic heterocycles. The standard InChI is InChI=1S/C25H32N4O/c1-16-8-6-10-22(17(16)2)18(3)26-25-24-14-21(11-12-23(24)19(4)27-28-25)30-15-20-9-7-13-29(20)5/h6,8,10-12,14,18,20H,7,9,13,15H2,1-5H3,(H,26,28)/t18-,20+/m1/s1. The Balaban J connectivity index is 1.60. The second-order valence-electron chi connectivity index (χ2n) is 8.58. The molecule has 158 valence electrons. The summed E-state index contributed by atoms with van der Waals surface area (Å²) in [5, 5.41) is 14.6. The minimum absolute atomic E-state index is 0.127. The summed E-state index contributed by atoms with van der Waals surface area (Å²) in [6.45, 7) is 10.4. The number of benzene rings is 2. The molecule has 1 saturated heterocycles. The molecule has 1 N–H and O–H groups in total. The Bertz CT molecular complexity index is 1050. The molecule has 1 aromatic heterocycles. The molecule has 2 heterocycles. The molecule has 2 aromatic carbocycles. The molecule has 0 amide bonds. The van der Waals surface area contributed by atoms with Crippen molar-refractivity contribution >= 4 is 16.6 Å². The Labute approximate surface area is 179 Å². The molecule has 5 nitrogen and oxygen atoms in total. The van der Waals surface area contributed by atoms with E-state index in [1.54, 1.807) is 0 Å². The number of likely N-dealkylation sites (N-methyl/N-ethyl adjacent to an activating group) is 1. The fourth-order valence-corrected chi connectivity index (χ4v) is 4.37. The van der Waals surface area contributed by atoms with Gasteiger partial charge in [0.2, 0.25) is 0 Å². The van der Waals surface area contributed by atoms with Crippen LogP contribution in [0.3, 0.4) is 0 Å². The van der Waals surface area contributed by atoms with Crippen molar-refractivity contribution in [1.29, 1.82) is 0 Å². The van der Waals surface area contributed by atoms with E-state index in [4.69, 9.17) is 4.74 Å². The first-order valence-electron chi connectivity index (χ1n) is 10.9. The van der Waals surface area contributed by atoms with Crippen molar-refractivity contribution in [1.82, 2.24) is 15.1 Å². The zero-order valence-electron chi connectivity index (χ0n) is 18.7. The number of aryl methyl sites for hydroxylation is 2. The first-order valence-corrected chi connectivity index (χ1v) is 10.9. The van der Waals surface area contributed by atoms with Gasteiger partial charge in [0.1, 0.15) is 12.4 Å². The molecule has 1 fully saturated rings. The smallest absolute Gasteiger partial charge is 0.157 e. The van der Waals surface area contributed by atoms with Crippen molar-refractivity contribution in [3.8, 4) is 5.75 Å². The van der Waals surface area contributed by atoms with Gasteiger partial charge in [-0.1, -0.05) is 18.2 Å². The largest absolute Gasteiger partial charge is 0.492 e. The van der Waals surface area contributed by atoms with Gasteiger partial charge < -0.3 is 15.0 Å². The van der Waals surface area contributed by atoms with Gasteiger partial charge in [-0.15, -0.1) is 5.10 Å². The van der Waals surface area contributed by atoms with Crippen molar-refractivity contribution in [2.75, 3.05) is 25.5 Å². The van der Waals surface area contributed by atoms with E-state index in [9.17, 15) is 0 Å². The lowest BCUT2D eigenvalue weighted by Gasteiger charge is -2.21. The van der Waals surface area contributed by atoms with E-state index < -0.39 is 0 Å². The molecule has 0 saturated carbocycles. The van der Waals surface area contributed by atoms with Gasteiger partial charge in [-0.25, -0.2) is 0 Å². The predicted octanol–water partition coefficient (Wildman–Crippen LogP) is 5.20. The number of aromatic nitrogens is 2. The molecule has 0 aliphatic carbocycles. The summed E-state index contributed by atoms with van der Waals surface area (Å²) in [5.41, 5.74) is 4.82. The normalized spacial score (nSPS) is 18.0. The third kappa shape index (κ3) is 4.12. The van der Waals surface area contributed by atoms with Crippen molar-refractivity contribution in [3.05, 3.63) is 58.8 Å². The highest BCUT2D eigenvalue weighted by Crippen LogP contribution is 2.31. The van der Waals surface area contributed by atoms with Gasteiger partial charge in [0, 0.05) is 16.8 Å². The van der Waals surface area contributed by atoms with Crippen LogP contribution in [0.5, 0.6) is 5.75 Å². The first kappa shape index (κ1) is 20.6. The third-order valence-corrected chi connectivity index (χ3v) is 6.52. The third-order valence-electron chi connectivity index (χ3n) is 6.52. The summed E-state index contributed by atoms with van der Waals surface area (Å²) >= 11 is 0. The van der Waals surface area contributed by atoms with Gasteiger partial charge in [0.15, 0.2) is 5.82 Å². The molecule has 0 radical (unpaired) electrons. The zero-order chi connectivity index (χ0) is 21.3. The van der Waals surface area contributed by atoms with Gasteiger partial charge in [-0.3, -0.25) is 0 Å². The molecule has 0 spiro atoms. The Kier molecular flexibility index (Phi) is 5.91. The molecular weight excluding hydrogens is 372 g/mol. The number of rotatable bonds is 6. The second kappa shape index (κ2) is 8.60. The fraction of sp³-hybridized carbons (Fsp3) is 0.440. The number of ether oxygens (including phenoxy) is 1. The Morgan fingerprint density at radius 2 is 1.97 bits per heavy atom. The van der Waals surface area contributed by atoms with Crippen molar-refractivity contribution in [3.63, 3.8) is 0 Å². The van der Waals surface area contributed by atoms with Gasteiger partial charge in [0.05, 0.1) is 11.7 Å². The van der Waals surface area contributed by atoms with Crippen LogP contribution in [0.4, 0.5) is 5.82 Å². The maximum atomic E-state index is 6.17. The maximum absolute atomic E-state index is 6.17. The van der Waals surface area contributed by atoms with E-state index in [1.807, 2.05) is 13.0 Å². The topological polar surface area (TPSA) is 50.3 Å². The van der Waals surface area contributed by atoms with Crippen LogP contribution in [0.15, 0.2) is 36.4 Å². The summed E-state index contributed by atoms with van der Waals surface area (Å²) < 4.78 is 6.17. The van der Waals surface area contributed by atoms with Crippen LogP contribution in [0.1, 0.15) is 48.2 Å². The van der Waals surface area contributed by atoms with E-state index >= 15 is 0 Å². The molecular formula is C25H32N4O. The summed E-state index contributed by atoms with van der Waals surface area (Å²) in [6, 6.07) is 13.3. The molecule has 5 heteroatoms. The van der Waals surface area contributed by atoms with E-state index in [1.165, 1.54) is 29.5 Å². The summed E-state index contributed by atoms with van der Waals surface area (Å²) in [4.78, 5) is 2.38. The Morgan fingerprint density at radius 1 is 1.13 bits per heavy atom. The van der Waals surface area contributed by atoms with E-state index in [0.717, 1.165) is 41.2 Å². The van der Waals surface area contributed by atoms with Crippen LogP contribution in [0.2, 0.25) is 0 Å². The molecule has 1 aliphatic rings. The minimum atomic E-state index is 0.127. The number of anilines is 1. The quantitative estimate of drug-likeness (QED) is 0.612. The van der Waals surface area contributed by atoms with Crippen LogP contribution in [0, 0.1) is 20.8 Å². The monoisotopic (exact) mass is 404 g/mol. The van der Waals surface area contributed by atoms with Crippen LogP contribution < -0.4 is 10.1 Å². The molecule has 3 aromatic rings. The van der Waals surface area contributed by atoms with Gasteiger partial charge in [-0.2, -0.15) is 5.10 Å². The Hall–Kier alpha value is -2.66. The van der Waals surface area contributed by atoms with Crippen LogP contribution in [0.25, 0.3) is 10.8 Å². The summed E-state index contributed by atoms with van der Waals surface area (Å²) in [7, 11) is 2.18. The number of fused-ring (bicyclic) bond motifs is 1. The van der Waals surface area contributed by atoms with Gasteiger partial charge in [0.25, 0.3) is 0 Å². The maximum Gasteiger partial charge on any atom is 0.157 e. The van der Waals surface area contributed by atoms with Crippen molar-refractivity contribution < 1.29 is 4.74 Å². The fourth-order valence-electron chi connectivity index (χ4n) is 4.37. The second-order valence-corrected chi connectivity index (χ2v) is 8.58. The van der Waals surface area contributed by atoms with Crippen molar-refractivity contribution in [2.24, 2.45) is 0 Å². The van der Waals surface area contributed by atoms with Crippen LogP contribution in [-0.4, -0.2) is 41.3 Å². The van der Waals surface area contributed by atoms with E-state index in [0.29, 0.717) is 6.04 Å². The highest BCUT2D eigenvalue weighted by molar-refractivity contribution is 5.94. The SMILES string of the molecule is Cc1cccc([C@@H](C)Nc2nnc(C)c3ccc(OC[C@@H]4CCCN4C)cc23)c1C. The molecule has 30 heavy (non-hydrogen) atoms. The van der Waals surface area contributed by atoms with E-state index in [2.05, 4.69) is 78.6 Å². The van der Waals surface area contributed by atoms with E-state index in [-0.39, 0.29) is 6.04 Å². The lowest BCUT2D eigenvalue weighted by Crippen LogP contribution is -2.30. The molecule has 0 bridgehead atoms. The summed E-state index contributed by atoms with van der Waals surface area (Å²) in [6.07, 6.45) is 2.45. The summed E-state index contributed by atoms with van der Waals surface area (Å²) in [5.74, 6) is 1.69. The number of likely N-dealkylation sites (tertiary alicyclic amines) is 1. The van der Waals surface area contributed by atoms with Crippen LogP contribution >= 0.6 is 0 Å².